The molecule has 0 bridgehead atoms. The Labute approximate surface area is 121 Å². The van der Waals surface area contributed by atoms with Gasteiger partial charge in [-0.1, -0.05) is 6.08 Å². The Kier molecular flexibility index (Phi) is 3.80. The normalized spacial score (nSPS) is 17.6. The lowest BCUT2D eigenvalue weighted by Crippen LogP contribution is -2.53. The number of nitrogens with one attached hydrogen (secondary N) is 1. The average Bonchev–Trinajstić information content (AvgIpc) is 2.71. The number of carbonyl (C=O) groups excluding carboxylic acids is 2. The number of rotatable bonds is 3. The van der Waals surface area contributed by atoms with E-state index in [1.165, 1.54) is 11.0 Å². The van der Waals surface area contributed by atoms with Gasteiger partial charge in [-0.2, -0.15) is 5.10 Å². The lowest BCUT2D eigenvalue weighted by Gasteiger charge is -2.27. The standard InChI is InChI=1S/C13H14N4O2S/c1-4-5-17-12(19)10(11(18)15-13(17)20)6-9-7-14-16(3)8(9)2/h4,6-7H,1,5H2,2-3H3,(H,15,18,20)/b10-6-. The third kappa shape index (κ3) is 2.39. The average molecular weight is 290 g/mol. The monoisotopic (exact) mass is 290 g/mol. The molecule has 1 aliphatic rings. The molecule has 1 saturated heterocycles. The Hall–Kier alpha value is -2.28. The van der Waals surface area contributed by atoms with Crippen LogP contribution < -0.4 is 5.32 Å². The zero-order valence-corrected chi connectivity index (χ0v) is 12.0. The van der Waals surface area contributed by atoms with Crippen LogP contribution in [0.2, 0.25) is 0 Å². The third-order valence-electron chi connectivity index (χ3n) is 3.07. The molecule has 0 aromatic carbocycles. The summed E-state index contributed by atoms with van der Waals surface area (Å²) in [5.41, 5.74) is 1.62. The Morgan fingerprint density at radius 3 is 2.75 bits per heavy atom. The number of hydrogen-bond donors (Lipinski definition) is 1. The summed E-state index contributed by atoms with van der Waals surface area (Å²) in [7, 11) is 1.79. The van der Waals surface area contributed by atoms with Crippen molar-refractivity contribution >= 4 is 35.2 Å². The second-order valence-electron chi connectivity index (χ2n) is 4.33. The molecule has 0 radical (unpaired) electrons. The molecule has 0 unspecified atom stereocenters. The molecule has 0 aliphatic carbocycles. The highest BCUT2D eigenvalue weighted by Crippen LogP contribution is 2.16. The predicted octanol–water partition coefficient (Wildman–Crippen LogP) is 0.541. The van der Waals surface area contributed by atoms with E-state index in [0.717, 1.165) is 11.3 Å². The Morgan fingerprint density at radius 1 is 1.50 bits per heavy atom. The van der Waals surface area contributed by atoms with Crippen LogP contribution in [0.1, 0.15) is 11.3 Å². The number of aromatic nitrogens is 2. The SMILES string of the molecule is C=CCN1C(=O)/C(=C\c2cnn(C)c2C)C(=O)NC1=S. The minimum Gasteiger partial charge on any atom is -0.298 e. The molecular formula is C13H14N4O2S. The largest absolute Gasteiger partial charge is 0.298 e. The van der Waals surface area contributed by atoms with Crippen molar-refractivity contribution in [3.05, 3.63) is 35.7 Å². The summed E-state index contributed by atoms with van der Waals surface area (Å²) in [6, 6.07) is 0. The number of aryl methyl sites for hydroxylation is 1. The van der Waals surface area contributed by atoms with Crippen molar-refractivity contribution in [1.29, 1.82) is 0 Å². The van der Waals surface area contributed by atoms with Gasteiger partial charge in [-0.3, -0.25) is 24.5 Å². The maximum Gasteiger partial charge on any atom is 0.265 e. The molecule has 2 rings (SSSR count). The molecule has 1 aromatic rings. The highest BCUT2D eigenvalue weighted by atomic mass is 32.1. The summed E-state index contributed by atoms with van der Waals surface area (Å²) in [6.45, 7) is 5.68. The quantitative estimate of drug-likeness (QED) is 0.382. The smallest absolute Gasteiger partial charge is 0.265 e. The second kappa shape index (κ2) is 5.38. The van der Waals surface area contributed by atoms with Gasteiger partial charge in [0.2, 0.25) is 0 Å². The summed E-state index contributed by atoms with van der Waals surface area (Å²) in [5, 5.41) is 6.67. The van der Waals surface area contributed by atoms with Crippen molar-refractivity contribution in [2.45, 2.75) is 6.92 Å². The van der Waals surface area contributed by atoms with Gasteiger partial charge >= 0.3 is 0 Å². The molecule has 1 aromatic heterocycles. The lowest BCUT2D eigenvalue weighted by atomic mass is 10.1. The van der Waals surface area contributed by atoms with E-state index >= 15 is 0 Å². The fourth-order valence-corrected chi connectivity index (χ4v) is 2.05. The van der Waals surface area contributed by atoms with Crippen molar-refractivity contribution < 1.29 is 9.59 Å². The minimum atomic E-state index is -0.497. The Morgan fingerprint density at radius 2 is 2.20 bits per heavy atom. The zero-order valence-electron chi connectivity index (χ0n) is 11.2. The Balaban J connectivity index is 2.41. The maximum absolute atomic E-state index is 12.3. The molecule has 2 heterocycles. The van der Waals surface area contributed by atoms with E-state index in [2.05, 4.69) is 17.0 Å². The molecular weight excluding hydrogens is 276 g/mol. The third-order valence-corrected chi connectivity index (χ3v) is 3.39. The molecule has 1 N–H and O–H groups in total. The molecule has 2 amide bonds. The van der Waals surface area contributed by atoms with Crippen LogP contribution in [0.4, 0.5) is 0 Å². The van der Waals surface area contributed by atoms with E-state index in [1.54, 1.807) is 24.0 Å². The van der Waals surface area contributed by atoms with Crippen LogP contribution in [0, 0.1) is 6.92 Å². The van der Waals surface area contributed by atoms with Crippen LogP contribution in [0.25, 0.3) is 6.08 Å². The van der Waals surface area contributed by atoms with Gasteiger partial charge in [0.05, 0.1) is 6.20 Å². The van der Waals surface area contributed by atoms with E-state index < -0.39 is 11.8 Å². The van der Waals surface area contributed by atoms with E-state index in [0.29, 0.717) is 0 Å². The van der Waals surface area contributed by atoms with Gasteiger partial charge in [0.15, 0.2) is 5.11 Å². The molecule has 20 heavy (non-hydrogen) atoms. The number of hydrogen-bond acceptors (Lipinski definition) is 4. The second-order valence-corrected chi connectivity index (χ2v) is 4.72. The first-order valence-electron chi connectivity index (χ1n) is 5.94. The van der Waals surface area contributed by atoms with Crippen molar-refractivity contribution in [3.8, 4) is 0 Å². The van der Waals surface area contributed by atoms with Gasteiger partial charge in [0.25, 0.3) is 11.8 Å². The van der Waals surface area contributed by atoms with Crippen molar-refractivity contribution in [1.82, 2.24) is 20.0 Å². The first-order valence-corrected chi connectivity index (χ1v) is 6.35. The van der Waals surface area contributed by atoms with E-state index in [1.807, 2.05) is 6.92 Å². The van der Waals surface area contributed by atoms with Gasteiger partial charge < -0.3 is 0 Å². The number of carbonyl (C=O) groups is 2. The van der Waals surface area contributed by atoms with Crippen LogP contribution >= 0.6 is 12.2 Å². The van der Waals surface area contributed by atoms with Crippen molar-refractivity contribution in [2.75, 3.05) is 6.54 Å². The number of amides is 2. The van der Waals surface area contributed by atoms with Crippen LogP contribution in [-0.2, 0) is 16.6 Å². The predicted molar refractivity (Wildman–Crippen MR) is 78.6 cm³/mol. The van der Waals surface area contributed by atoms with Gasteiger partial charge in [-0.15, -0.1) is 6.58 Å². The maximum atomic E-state index is 12.3. The highest BCUT2D eigenvalue weighted by molar-refractivity contribution is 7.80. The van der Waals surface area contributed by atoms with Crippen LogP contribution in [0.15, 0.2) is 24.4 Å². The van der Waals surface area contributed by atoms with Crippen molar-refractivity contribution in [2.24, 2.45) is 7.05 Å². The van der Waals surface area contributed by atoms with Gasteiger partial charge in [0.1, 0.15) is 5.57 Å². The van der Waals surface area contributed by atoms with E-state index in [4.69, 9.17) is 12.2 Å². The van der Waals surface area contributed by atoms with E-state index in [-0.39, 0.29) is 17.2 Å². The molecule has 7 heteroatoms. The first kappa shape index (κ1) is 14.1. The summed E-state index contributed by atoms with van der Waals surface area (Å²) >= 11 is 4.98. The fraction of sp³-hybridized carbons (Fsp3) is 0.231. The number of thiocarbonyl (C=S) groups is 1. The van der Waals surface area contributed by atoms with Gasteiger partial charge in [-0.25, -0.2) is 0 Å². The van der Waals surface area contributed by atoms with Crippen LogP contribution in [0.5, 0.6) is 0 Å². The number of nitrogens with zero attached hydrogens (tertiary/aromatic N) is 3. The van der Waals surface area contributed by atoms with Crippen molar-refractivity contribution in [3.63, 3.8) is 0 Å². The minimum absolute atomic E-state index is 0.0385. The molecule has 104 valence electrons. The molecule has 1 fully saturated rings. The summed E-state index contributed by atoms with van der Waals surface area (Å²) < 4.78 is 1.67. The Bertz CT molecular complexity index is 645. The van der Waals surface area contributed by atoms with Crippen LogP contribution in [0.3, 0.4) is 0 Å². The summed E-state index contributed by atoms with van der Waals surface area (Å²) in [5.74, 6) is -0.925. The molecule has 6 nitrogen and oxygen atoms in total. The van der Waals surface area contributed by atoms with Gasteiger partial charge in [-0.05, 0) is 25.2 Å². The molecule has 0 saturated carbocycles. The topological polar surface area (TPSA) is 67.2 Å². The first-order chi connectivity index (χ1) is 9.45. The molecule has 1 aliphatic heterocycles. The highest BCUT2D eigenvalue weighted by Gasteiger charge is 2.32. The van der Waals surface area contributed by atoms with E-state index in [9.17, 15) is 9.59 Å². The zero-order chi connectivity index (χ0) is 14.9. The molecule has 0 spiro atoms. The fourth-order valence-electron chi connectivity index (χ4n) is 1.80. The summed E-state index contributed by atoms with van der Waals surface area (Å²) in [6.07, 6.45) is 4.68. The van der Waals surface area contributed by atoms with Crippen LogP contribution in [-0.4, -0.2) is 38.2 Å². The summed E-state index contributed by atoms with van der Waals surface area (Å²) in [4.78, 5) is 25.5. The lowest BCUT2D eigenvalue weighted by molar-refractivity contribution is -0.128. The van der Waals surface area contributed by atoms with Gasteiger partial charge in [0, 0.05) is 24.8 Å². The molecule has 0 atom stereocenters.